The largest absolute Gasteiger partial charge is 0.374 e. The fourth-order valence-corrected chi connectivity index (χ4v) is 3.57. The number of rotatable bonds is 9. The number of hydrogen-bond donors (Lipinski definition) is 1. The van der Waals surface area contributed by atoms with E-state index in [0.717, 1.165) is 12.1 Å². The van der Waals surface area contributed by atoms with Gasteiger partial charge in [0, 0.05) is 12.8 Å². The van der Waals surface area contributed by atoms with E-state index < -0.39 is 21.5 Å². The van der Waals surface area contributed by atoms with Gasteiger partial charge in [-0.25, -0.2) is 4.68 Å². The summed E-state index contributed by atoms with van der Waals surface area (Å²) in [7, 11) is -4.08. The minimum absolute atomic E-state index is 0.146. The zero-order valence-corrected chi connectivity index (χ0v) is 17.4. The third-order valence-electron chi connectivity index (χ3n) is 4.27. The highest BCUT2D eigenvalue weighted by molar-refractivity contribution is 7.85. The van der Waals surface area contributed by atoms with Gasteiger partial charge in [-0.1, -0.05) is 32.9 Å². The zero-order valence-electron chi connectivity index (χ0n) is 16.5. The highest BCUT2D eigenvalue weighted by atomic mass is 32.2. The third-order valence-corrected chi connectivity index (χ3v) is 5.25. The van der Waals surface area contributed by atoms with Gasteiger partial charge in [-0.15, -0.1) is 5.10 Å². The molecule has 0 aliphatic heterocycles. The van der Waals surface area contributed by atoms with Crippen LogP contribution in [-0.2, 0) is 26.8 Å². The first-order valence-corrected chi connectivity index (χ1v) is 10.3. The van der Waals surface area contributed by atoms with Gasteiger partial charge < -0.3 is 4.74 Å². The van der Waals surface area contributed by atoms with E-state index in [-0.39, 0.29) is 11.0 Å². The predicted octanol–water partition coefficient (Wildman–Crippen LogP) is 3.07. The van der Waals surface area contributed by atoms with Gasteiger partial charge in [0.2, 0.25) is 0 Å². The van der Waals surface area contributed by atoms with Crippen LogP contribution in [0.2, 0.25) is 0 Å². The molecule has 25 heavy (non-hydrogen) atoms. The number of ether oxygens (including phenoxy) is 1. The molecule has 0 saturated carbocycles. The van der Waals surface area contributed by atoms with Crippen molar-refractivity contribution in [3.05, 3.63) is 11.9 Å². The van der Waals surface area contributed by atoms with E-state index in [4.69, 9.17) is 9.29 Å². The standard InChI is InChI=1S/C17H33N3O4S/c1-8-17(7,13-25(21,22)23)24-10-9-16(5,6)20-12-14(18-19-20)11-15(2,3)4/h12H,8-11,13H2,1-7H3,(H,21,22,23). The maximum atomic E-state index is 11.2. The predicted molar refractivity (Wildman–Crippen MR) is 98.2 cm³/mol. The van der Waals surface area contributed by atoms with Gasteiger partial charge in [-0.3, -0.25) is 4.55 Å². The van der Waals surface area contributed by atoms with Crippen LogP contribution in [0.3, 0.4) is 0 Å². The highest BCUT2D eigenvalue weighted by Crippen LogP contribution is 2.24. The second-order valence-electron chi connectivity index (χ2n) is 8.83. The molecule has 0 aromatic carbocycles. The molecule has 0 spiro atoms. The monoisotopic (exact) mass is 375 g/mol. The van der Waals surface area contributed by atoms with Crippen molar-refractivity contribution in [3.63, 3.8) is 0 Å². The average molecular weight is 376 g/mol. The first kappa shape index (κ1) is 22.1. The van der Waals surface area contributed by atoms with Crippen molar-refractivity contribution in [2.45, 2.75) is 78.9 Å². The Morgan fingerprint density at radius 2 is 1.80 bits per heavy atom. The maximum Gasteiger partial charge on any atom is 0.267 e. The van der Waals surface area contributed by atoms with Gasteiger partial charge in [-0.2, -0.15) is 8.42 Å². The minimum atomic E-state index is -4.08. The van der Waals surface area contributed by atoms with E-state index in [1.807, 2.05) is 31.6 Å². The van der Waals surface area contributed by atoms with Gasteiger partial charge >= 0.3 is 0 Å². The summed E-state index contributed by atoms with van der Waals surface area (Å²) in [5.41, 5.74) is -0.113. The molecular formula is C17H33N3O4S. The topological polar surface area (TPSA) is 94.3 Å². The van der Waals surface area contributed by atoms with Crippen molar-refractivity contribution >= 4 is 10.1 Å². The van der Waals surface area contributed by atoms with Crippen LogP contribution in [0.25, 0.3) is 0 Å². The zero-order chi connectivity index (χ0) is 19.5. The lowest BCUT2D eigenvalue weighted by Crippen LogP contribution is -2.38. The SMILES string of the molecule is CCC(C)(CS(=O)(=O)O)OCCC(C)(C)n1cc(CC(C)(C)C)nn1. The molecule has 0 radical (unpaired) electrons. The van der Waals surface area contributed by atoms with Crippen LogP contribution in [0, 0.1) is 5.41 Å². The molecule has 0 amide bonds. The molecule has 0 fully saturated rings. The summed E-state index contributed by atoms with van der Waals surface area (Å²) in [6, 6.07) is 0. The van der Waals surface area contributed by atoms with Crippen LogP contribution in [0.15, 0.2) is 6.20 Å². The summed E-state index contributed by atoms with van der Waals surface area (Å²) in [6.07, 6.45) is 3.95. The molecule has 0 aliphatic carbocycles. The van der Waals surface area contributed by atoms with E-state index in [9.17, 15) is 8.42 Å². The second-order valence-corrected chi connectivity index (χ2v) is 10.3. The van der Waals surface area contributed by atoms with Crippen molar-refractivity contribution in [2.75, 3.05) is 12.4 Å². The Labute approximate surface area is 151 Å². The van der Waals surface area contributed by atoms with E-state index in [1.54, 1.807) is 6.92 Å². The lowest BCUT2D eigenvalue weighted by molar-refractivity contribution is -0.0292. The highest BCUT2D eigenvalue weighted by Gasteiger charge is 2.31. The molecule has 8 heteroatoms. The van der Waals surface area contributed by atoms with Crippen molar-refractivity contribution in [2.24, 2.45) is 5.41 Å². The van der Waals surface area contributed by atoms with Gasteiger partial charge in [0.1, 0.15) is 5.75 Å². The van der Waals surface area contributed by atoms with Crippen molar-refractivity contribution in [3.8, 4) is 0 Å². The molecule has 1 heterocycles. The van der Waals surface area contributed by atoms with Crippen LogP contribution in [0.4, 0.5) is 0 Å². The quantitative estimate of drug-likeness (QED) is 0.667. The molecule has 1 atom stereocenters. The normalized spacial score (nSPS) is 16.0. The molecule has 1 rings (SSSR count). The second kappa shape index (κ2) is 7.72. The smallest absolute Gasteiger partial charge is 0.267 e. The number of hydrogen-bond acceptors (Lipinski definition) is 5. The molecule has 1 aromatic rings. The lowest BCUT2D eigenvalue weighted by Gasteiger charge is -2.30. The molecule has 0 saturated heterocycles. The summed E-state index contributed by atoms with van der Waals surface area (Å²) < 4.78 is 39.0. The Balaban J connectivity index is 2.69. The summed E-state index contributed by atoms with van der Waals surface area (Å²) >= 11 is 0. The molecular weight excluding hydrogens is 342 g/mol. The van der Waals surface area contributed by atoms with E-state index in [0.29, 0.717) is 19.4 Å². The first-order valence-electron chi connectivity index (χ1n) is 8.67. The van der Waals surface area contributed by atoms with E-state index in [2.05, 4.69) is 31.1 Å². The van der Waals surface area contributed by atoms with Crippen LogP contribution in [-0.4, -0.2) is 45.9 Å². The summed E-state index contributed by atoms with van der Waals surface area (Å²) in [6.45, 7) is 14.5. The van der Waals surface area contributed by atoms with Crippen LogP contribution in [0.1, 0.15) is 67.0 Å². The van der Waals surface area contributed by atoms with Crippen molar-refractivity contribution < 1.29 is 17.7 Å². The Morgan fingerprint density at radius 1 is 1.20 bits per heavy atom. The minimum Gasteiger partial charge on any atom is -0.374 e. The summed E-state index contributed by atoms with van der Waals surface area (Å²) in [5.74, 6) is -0.407. The lowest BCUT2D eigenvalue weighted by atomic mass is 9.91. The van der Waals surface area contributed by atoms with Gasteiger partial charge in [0.25, 0.3) is 10.1 Å². The Hall–Kier alpha value is -0.990. The molecule has 1 N–H and O–H groups in total. The molecule has 146 valence electrons. The van der Waals surface area contributed by atoms with E-state index >= 15 is 0 Å². The Bertz CT molecular complexity index is 662. The van der Waals surface area contributed by atoms with Crippen molar-refractivity contribution in [1.29, 1.82) is 0 Å². The average Bonchev–Trinajstić information content (AvgIpc) is 2.83. The molecule has 1 unspecified atom stereocenters. The molecule has 0 bridgehead atoms. The van der Waals surface area contributed by atoms with Crippen molar-refractivity contribution in [1.82, 2.24) is 15.0 Å². The first-order chi connectivity index (χ1) is 11.2. The molecule has 0 aliphatic rings. The maximum absolute atomic E-state index is 11.2. The molecule has 7 nitrogen and oxygen atoms in total. The summed E-state index contributed by atoms with van der Waals surface area (Å²) in [4.78, 5) is 0. The van der Waals surface area contributed by atoms with Crippen LogP contribution >= 0.6 is 0 Å². The number of aromatic nitrogens is 3. The number of nitrogens with zero attached hydrogens (tertiary/aromatic N) is 3. The van der Waals surface area contributed by atoms with Crippen LogP contribution < -0.4 is 0 Å². The summed E-state index contributed by atoms with van der Waals surface area (Å²) in [5, 5.41) is 8.49. The fraction of sp³-hybridized carbons (Fsp3) is 0.882. The molecule has 1 aromatic heterocycles. The third kappa shape index (κ3) is 7.83. The van der Waals surface area contributed by atoms with Crippen LogP contribution in [0.5, 0.6) is 0 Å². The van der Waals surface area contributed by atoms with Gasteiger partial charge in [0.15, 0.2) is 0 Å². The van der Waals surface area contributed by atoms with Gasteiger partial charge in [-0.05, 0) is 45.4 Å². The Morgan fingerprint density at radius 3 is 2.28 bits per heavy atom. The fourth-order valence-electron chi connectivity index (χ4n) is 2.51. The Kier molecular flexibility index (Phi) is 6.81. The van der Waals surface area contributed by atoms with E-state index in [1.165, 1.54) is 0 Å². The van der Waals surface area contributed by atoms with Gasteiger partial charge in [0.05, 0.1) is 16.8 Å².